The molecule has 18 heavy (non-hydrogen) atoms. The molecule has 1 aromatic heterocycles. The van der Waals surface area contributed by atoms with Crippen molar-refractivity contribution >= 4 is 5.91 Å². The first-order valence-electron chi connectivity index (χ1n) is 6.47. The Kier molecular flexibility index (Phi) is 3.91. The second kappa shape index (κ2) is 5.44. The van der Waals surface area contributed by atoms with Gasteiger partial charge < -0.3 is 10.2 Å². The van der Waals surface area contributed by atoms with E-state index in [-0.39, 0.29) is 5.91 Å². The van der Waals surface area contributed by atoms with Gasteiger partial charge in [0.15, 0.2) is 0 Å². The van der Waals surface area contributed by atoms with Crippen LogP contribution < -0.4 is 5.32 Å². The first kappa shape index (κ1) is 13.0. The number of carbonyl (C=O) groups excluding carboxylic acids is 1. The van der Waals surface area contributed by atoms with Crippen molar-refractivity contribution in [2.45, 2.75) is 33.2 Å². The second-order valence-electron chi connectivity index (χ2n) is 4.81. The first-order chi connectivity index (χ1) is 8.61. The molecule has 1 aliphatic heterocycles. The molecule has 0 radical (unpaired) electrons. The number of carbonyl (C=O) groups is 1. The van der Waals surface area contributed by atoms with Gasteiger partial charge in [0.05, 0.1) is 17.0 Å². The number of hydrogen-bond donors (Lipinski definition) is 1. The Labute approximate surface area is 108 Å². The van der Waals surface area contributed by atoms with E-state index in [0.29, 0.717) is 11.6 Å². The molecular weight excluding hydrogens is 228 g/mol. The maximum atomic E-state index is 12.5. The highest BCUT2D eigenvalue weighted by molar-refractivity contribution is 5.95. The van der Waals surface area contributed by atoms with Gasteiger partial charge in [-0.05, 0) is 26.3 Å². The normalized spacial score (nSPS) is 19.9. The summed E-state index contributed by atoms with van der Waals surface area (Å²) in [6, 6.07) is 2.20. The standard InChI is InChI=1S/C13H20N4O/c1-4-12-11(7-9(2)15-16-12)13(18)17-6-5-14-10(3)8-17/h7,10,14H,4-6,8H2,1-3H3. The predicted molar refractivity (Wildman–Crippen MR) is 69.5 cm³/mol. The summed E-state index contributed by atoms with van der Waals surface area (Å²) in [6.07, 6.45) is 0.732. The molecule has 1 fully saturated rings. The Balaban J connectivity index is 2.24. The molecule has 98 valence electrons. The van der Waals surface area contributed by atoms with Gasteiger partial charge in [0.2, 0.25) is 0 Å². The van der Waals surface area contributed by atoms with Gasteiger partial charge in [-0.2, -0.15) is 10.2 Å². The minimum atomic E-state index is 0.0817. The zero-order valence-corrected chi connectivity index (χ0v) is 11.2. The van der Waals surface area contributed by atoms with Crippen LogP contribution in [0.25, 0.3) is 0 Å². The Morgan fingerprint density at radius 3 is 3.00 bits per heavy atom. The summed E-state index contributed by atoms with van der Waals surface area (Å²) in [6.45, 7) is 8.32. The minimum Gasteiger partial charge on any atom is -0.336 e. The number of aryl methyl sites for hydroxylation is 2. The average molecular weight is 248 g/mol. The molecule has 1 N–H and O–H groups in total. The largest absolute Gasteiger partial charge is 0.336 e. The SMILES string of the molecule is CCc1nnc(C)cc1C(=O)N1CCNC(C)C1. The van der Waals surface area contributed by atoms with Crippen molar-refractivity contribution in [3.63, 3.8) is 0 Å². The van der Waals surface area contributed by atoms with Gasteiger partial charge in [-0.15, -0.1) is 0 Å². The molecule has 1 atom stereocenters. The quantitative estimate of drug-likeness (QED) is 0.840. The number of amides is 1. The first-order valence-corrected chi connectivity index (χ1v) is 6.47. The van der Waals surface area contributed by atoms with Gasteiger partial charge in [0.25, 0.3) is 5.91 Å². The molecule has 5 heteroatoms. The lowest BCUT2D eigenvalue weighted by atomic mass is 10.1. The second-order valence-corrected chi connectivity index (χ2v) is 4.81. The van der Waals surface area contributed by atoms with E-state index in [0.717, 1.165) is 37.4 Å². The average Bonchev–Trinajstić information content (AvgIpc) is 2.38. The molecule has 0 aromatic carbocycles. The Morgan fingerprint density at radius 2 is 2.33 bits per heavy atom. The van der Waals surface area contributed by atoms with E-state index in [4.69, 9.17) is 0 Å². The van der Waals surface area contributed by atoms with Gasteiger partial charge in [0, 0.05) is 25.7 Å². The van der Waals surface area contributed by atoms with Crippen molar-refractivity contribution in [2.75, 3.05) is 19.6 Å². The van der Waals surface area contributed by atoms with Crippen molar-refractivity contribution in [3.05, 3.63) is 23.0 Å². The number of hydrogen-bond acceptors (Lipinski definition) is 4. The highest BCUT2D eigenvalue weighted by atomic mass is 16.2. The van der Waals surface area contributed by atoms with E-state index >= 15 is 0 Å². The van der Waals surface area contributed by atoms with E-state index in [2.05, 4.69) is 22.4 Å². The summed E-state index contributed by atoms with van der Waals surface area (Å²) < 4.78 is 0. The molecule has 2 rings (SSSR count). The third-order valence-corrected chi connectivity index (χ3v) is 3.21. The highest BCUT2D eigenvalue weighted by Crippen LogP contribution is 2.12. The lowest BCUT2D eigenvalue weighted by Gasteiger charge is -2.32. The molecule has 1 amide bonds. The molecule has 0 aliphatic carbocycles. The zero-order valence-electron chi connectivity index (χ0n) is 11.2. The van der Waals surface area contributed by atoms with Crippen molar-refractivity contribution in [2.24, 2.45) is 0 Å². The number of aromatic nitrogens is 2. The molecule has 0 spiro atoms. The Bertz CT molecular complexity index is 447. The molecule has 1 aliphatic rings. The number of nitrogens with zero attached hydrogens (tertiary/aromatic N) is 3. The van der Waals surface area contributed by atoms with E-state index in [1.165, 1.54) is 0 Å². The number of nitrogens with one attached hydrogen (secondary N) is 1. The van der Waals surface area contributed by atoms with Crippen LogP contribution in [0.15, 0.2) is 6.07 Å². The monoisotopic (exact) mass is 248 g/mol. The van der Waals surface area contributed by atoms with Crippen LogP contribution in [-0.2, 0) is 6.42 Å². The lowest BCUT2D eigenvalue weighted by molar-refractivity contribution is 0.0707. The lowest BCUT2D eigenvalue weighted by Crippen LogP contribution is -2.51. The molecule has 0 bridgehead atoms. The molecule has 2 heterocycles. The third kappa shape index (κ3) is 2.67. The number of rotatable bonds is 2. The number of piperazine rings is 1. The fourth-order valence-electron chi connectivity index (χ4n) is 2.25. The molecule has 1 aromatic rings. The van der Waals surface area contributed by atoms with Crippen LogP contribution in [0.5, 0.6) is 0 Å². The summed E-state index contributed by atoms with van der Waals surface area (Å²) >= 11 is 0. The van der Waals surface area contributed by atoms with Gasteiger partial charge in [-0.3, -0.25) is 4.79 Å². The van der Waals surface area contributed by atoms with Crippen molar-refractivity contribution in [1.82, 2.24) is 20.4 Å². The Morgan fingerprint density at radius 1 is 1.56 bits per heavy atom. The van der Waals surface area contributed by atoms with Crippen LogP contribution in [-0.4, -0.2) is 46.7 Å². The molecule has 1 unspecified atom stereocenters. The van der Waals surface area contributed by atoms with Gasteiger partial charge in [0.1, 0.15) is 0 Å². The van der Waals surface area contributed by atoms with Crippen LogP contribution in [0.3, 0.4) is 0 Å². The van der Waals surface area contributed by atoms with Crippen LogP contribution in [0.1, 0.15) is 35.6 Å². The minimum absolute atomic E-state index is 0.0817. The predicted octanol–water partition coefficient (Wildman–Crippen LogP) is 0.781. The summed E-state index contributed by atoms with van der Waals surface area (Å²) in [5, 5.41) is 11.5. The van der Waals surface area contributed by atoms with E-state index < -0.39 is 0 Å². The topological polar surface area (TPSA) is 58.1 Å². The maximum Gasteiger partial charge on any atom is 0.255 e. The van der Waals surface area contributed by atoms with E-state index in [1.807, 2.05) is 24.8 Å². The van der Waals surface area contributed by atoms with Crippen LogP contribution in [0.2, 0.25) is 0 Å². The zero-order chi connectivity index (χ0) is 13.1. The van der Waals surface area contributed by atoms with Crippen LogP contribution in [0.4, 0.5) is 0 Å². The summed E-state index contributed by atoms with van der Waals surface area (Å²) in [5.41, 5.74) is 2.29. The van der Waals surface area contributed by atoms with Crippen LogP contribution in [0, 0.1) is 6.92 Å². The van der Waals surface area contributed by atoms with Crippen molar-refractivity contribution < 1.29 is 4.79 Å². The van der Waals surface area contributed by atoms with Gasteiger partial charge in [-0.1, -0.05) is 6.92 Å². The highest BCUT2D eigenvalue weighted by Gasteiger charge is 2.23. The van der Waals surface area contributed by atoms with Crippen molar-refractivity contribution in [3.8, 4) is 0 Å². The molecule has 5 nitrogen and oxygen atoms in total. The van der Waals surface area contributed by atoms with Gasteiger partial charge in [-0.25, -0.2) is 0 Å². The molecule has 1 saturated heterocycles. The molecule has 0 saturated carbocycles. The molecular formula is C13H20N4O. The summed E-state index contributed by atoms with van der Waals surface area (Å²) in [4.78, 5) is 14.4. The Hall–Kier alpha value is -1.49. The third-order valence-electron chi connectivity index (χ3n) is 3.21. The fourth-order valence-corrected chi connectivity index (χ4v) is 2.25. The van der Waals surface area contributed by atoms with Crippen molar-refractivity contribution in [1.29, 1.82) is 0 Å². The summed E-state index contributed by atoms with van der Waals surface area (Å²) in [5.74, 6) is 0.0817. The maximum absolute atomic E-state index is 12.5. The van der Waals surface area contributed by atoms with Gasteiger partial charge >= 0.3 is 0 Å². The summed E-state index contributed by atoms with van der Waals surface area (Å²) in [7, 11) is 0. The van der Waals surface area contributed by atoms with Crippen LogP contribution >= 0.6 is 0 Å². The fraction of sp³-hybridized carbons (Fsp3) is 0.615. The smallest absolute Gasteiger partial charge is 0.255 e. The van der Waals surface area contributed by atoms with E-state index in [1.54, 1.807) is 0 Å². The van der Waals surface area contributed by atoms with E-state index in [9.17, 15) is 4.79 Å².